The minimum atomic E-state index is 0.0222. The number of aryl methyl sites for hydroxylation is 1. The highest BCUT2D eigenvalue weighted by Crippen LogP contribution is 2.41. The molecule has 2 nitrogen and oxygen atoms in total. The van der Waals surface area contributed by atoms with Crippen molar-refractivity contribution >= 4 is 11.4 Å². The van der Waals surface area contributed by atoms with E-state index in [1.807, 2.05) is 0 Å². The summed E-state index contributed by atoms with van der Waals surface area (Å²) in [6, 6.07) is 13.5. The molecule has 2 heterocycles. The van der Waals surface area contributed by atoms with E-state index >= 15 is 0 Å². The van der Waals surface area contributed by atoms with E-state index in [0.29, 0.717) is 0 Å². The van der Waals surface area contributed by atoms with Gasteiger partial charge in [-0.05, 0) is 25.5 Å². The van der Waals surface area contributed by atoms with Gasteiger partial charge in [0.2, 0.25) is 5.69 Å². The Morgan fingerprint density at radius 2 is 1.51 bits per heavy atom. The first-order chi connectivity index (χ1) is 16.8. The summed E-state index contributed by atoms with van der Waals surface area (Å²) in [5.74, 6) is 0. The molecule has 184 valence electrons. The lowest BCUT2D eigenvalue weighted by Crippen LogP contribution is -2.38. The van der Waals surface area contributed by atoms with Crippen LogP contribution in [0.15, 0.2) is 78.5 Å². The summed E-state index contributed by atoms with van der Waals surface area (Å²) in [5.41, 5.74) is 8.79. The summed E-state index contributed by atoms with van der Waals surface area (Å²) in [7, 11) is 0. The van der Waals surface area contributed by atoms with Crippen LogP contribution in [0, 0.1) is 0 Å². The van der Waals surface area contributed by atoms with Crippen LogP contribution in [0.5, 0.6) is 0 Å². The second-order valence-corrected chi connectivity index (χ2v) is 11.2. The lowest BCUT2D eigenvalue weighted by Gasteiger charge is -2.20. The molecule has 0 atom stereocenters. The lowest BCUT2D eigenvalue weighted by molar-refractivity contribution is -0.704. The predicted molar refractivity (Wildman–Crippen MR) is 149 cm³/mol. The summed E-state index contributed by atoms with van der Waals surface area (Å²) in [6.07, 6.45) is 19.5. The predicted octanol–water partition coefficient (Wildman–Crippen LogP) is 7.52. The average molecular weight is 469 g/mol. The Morgan fingerprint density at radius 3 is 2.29 bits per heavy atom. The maximum Gasteiger partial charge on any atom is 0.209 e. The Bertz CT molecular complexity index is 1190. The molecule has 1 aromatic heterocycles. The van der Waals surface area contributed by atoms with Crippen molar-refractivity contribution in [2.24, 2.45) is 0 Å². The number of hydrogen-bond donors (Lipinski definition) is 0. The van der Waals surface area contributed by atoms with Crippen LogP contribution >= 0.6 is 0 Å². The molecular weight excluding hydrogens is 424 g/mol. The third-order valence-electron chi connectivity index (χ3n) is 8.08. The summed E-state index contributed by atoms with van der Waals surface area (Å²) >= 11 is 0. The molecule has 0 amide bonds. The highest BCUT2D eigenvalue weighted by Gasteiger charge is 2.43. The van der Waals surface area contributed by atoms with Gasteiger partial charge in [-0.25, -0.2) is 4.57 Å². The van der Waals surface area contributed by atoms with Gasteiger partial charge in [-0.2, -0.15) is 4.58 Å². The molecule has 0 unspecified atom stereocenters. The number of hydrogen-bond acceptors (Lipinski definition) is 0. The van der Waals surface area contributed by atoms with E-state index in [9.17, 15) is 0 Å². The van der Waals surface area contributed by atoms with Crippen molar-refractivity contribution < 1.29 is 9.14 Å². The van der Waals surface area contributed by atoms with Crippen molar-refractivity contribution in [1.82, 2.24) is 0 Å². The van der Waals surface area contributed by atoms with Crippen LogP contribution in [0.1, 0.15) is 84.0 Å². The molecule has 0 saturated carbocycles. The van der Waals surface area contributed by atoms with Gasteiger partial charge in [0.15, 0.2) is 17.6 Å². The molecule has 0 spiro atoms. The van der Waals surface area contributed by atoms with Gasteiger partial charge in [0, 0.05) is 47.6 Å². The Kier molecular flexibility index (Phi) is 7.59. The fraction of sp³-hybridized carbons (Fsp3) is 0.455. The van der Waals surface area contributed by atoms with Gasteiger partial charge in [-0.3, -0.25) is 0 Å². The van der Waals surface area contributed by atoms with E-state index in [2.05, 4.69) is 124 Å². The number of unbranched alkanes of at least 4 members (excludes halogenated alkanes) is 2. The zero-order chi connectivity index (χ0) is 25.1. The fourth-order valence-corrected chi connectivity index (χ4v) is 5.81. The van der Waals surface area contributed by atoms with Crippen LogP contribution in [-0.2, 0) is 23.8 Å². The van der Waals surface area contributed by atoms with Crippen LogP contribution in [-0.4, -0.2) is 16.8 Å². The Labute approximate surface area is 213 Å². The number of fused-ring (bicyclic) bond motifs is 2. The third-order valence-corrected chi connectivity index (χ3v) is 8.08. The molecule has 1 aliphatic heterocycles. The Hall–Kier alpha value is -2.74. The van der Waals surface area contributed by atoms with Gasteiger partial charge in [0.05, 0.1) is 11.8 Å². The molecular formula is C33H44N2+2. The van der Waals surface area contributed by atoms with E-state index in [1.54, 1.807) is 0 Å². The Morgan fingerprint density at radius 1 is 0.800 bits per heavy atom. The zero-order valence-electron chi connectivity index (χ0n) is 22.8. The standard InChI is InChI=1S/C33H44N2/c1-7-9-22-34-23-16-19-28-30(34)25-26(32(28,3)4)17-12-11-13-21-31-33(5,6)27-18-14-15-20-29(27)35(31)24-10-8-2/h11-21,23H,7-10,22,24-25H2,1-6H3/q+2/b12-11+,21-13+,26-17-. The summed E-state index contributed by atoms with van der Waals surface area (Å²) < 4.78 is 5.01. The number of para-hydroxylation sites is 1. The number of rotatable bonds is 9. The topological polar surface area (TPSA) is 6.89 Å². The van der Waals surface area contributed by atoms with Crippen LogP contribution in [0.4, 0.5) is 5.69 Å². The van der Waals surface area contributed by atoms with Crippen molar-refractivity contribution in [2.75, 3.05) is 6.54 Å². The van der Waals surface area contributed by atoms with E-state index < -0.39 is 0 Å². The van der Waals surface area contributed by atoms with Gasteiger partial charge in [0.25, 0.3) is 0 Å². The first kappa shape index (κ1) is 25.4. The third kappa shape index (κ3) is 4.85. The van der Waals surface area contributed by atoms with E-state index in [1.165, 1.54) is 59.5 Å². The van der Waals surface area contributed by atoms with Crippen LogP contribution < -0.4 is 4.57 Å². The monoisotopic (exact) mass is 468 g/mol. The molecule has 0 N–H and O–H groups in total. The van der Waals surface area contributed by atoms with Crippen molar-refractivity contribution in [3.05, 3.63) is 95.4 Å². The maximum atomic E-state index is 2.54. The van der Waals surface area contributed by atoms with Gasteiger partial charge >= 0.3 is 0 Å². The molecule has 0 radical (unpaired) electrons. The summed E-state index contributed by atoms with van der Waals surface area (Å²) in [5, 5.41) is 0. The fourth-order valence-electron chi connectivity index (χ4n) is 5.81. The number of aromatic nitrogens is 1. The molecule has 2 aromatic rings. The van der Waals surface area contributed by atoms with Crippen molar-refractivity contribution in [3.8, 4) is 0 Å². The molecule has 4 rings (SSSR count). The highest BCUT2D eigenvalue weighted by atomic mass is 15.1. The lowest BCUT2D eigenvalue weighted by atomic mass is 9.81. The zero-order valence-corrected chi connectivity index (χ0v) is 22.8. The minimum absolute atomic E-state index is 0.0222. The maximum absolute atomic E-state index is 2.54. The van der Waals surface area contributed by atoms with Crippen molar-refractivity contribution in [3.63, 3.8) is 0 Å². The molecule has 0 fully saturated rings. The van der Waals surface area contributed by atoms with Crippen LogP contribution in [0.25, 0.3) is 0 Å². The molecule has 1 aromatic carbocycles. The number of benzene rings is 1. The van der Waals surface area contributed by atoms with Crippen molar-refractivity contribution in [1.29, 1.82) is 0 Å². The molecule has 35 heavy (non-hydrogen) atoms. The smallest absolute Gasteiger partial charge is 0.202 e. The first-order valence-corrected chi connectivity index (χ1v) is 13.6. The SMILES string of the molecule is CCCC[N+]1=C(/C=C/C=C/C=C2/Cc3c(ccc[n+]3CCCC)C2(C)C)C(C)(C)c2ccccc21. The first-order valence-electron chi connectivity index (χ1n) is 13.6. The summed E-state index contributed by atoms with van der Waals surface area (Å²) in [4.78, 5) is 0. The average Bonchev–Trinajstić information content (AvgIpc) is 3.23. The molecule has 0 saturated heterocycles. The van der Waals surface area contributed by atoms with E-state index in [0.717, 1.165) is 19.5 Å². The van der Waals surface area contributed by atoms with Gasteiger partial charge in [-0.1, -0.05) is 83.0 Å². The molecule has 2 aliphatic rings. The van der Waals surface area contributed by atoms with Crippen LogP contribution in [0.2, 0.25) is 0 Å². The van der Waals surface area contributed by atoms with Gasteiger partial charge in [-0.15, -0.1) is 0 Å². The normalized spacial score (nSPS) is 19.3. The second kappa shape index (κ2) is 10.5. The largest absolute Gasteiger partial charge is 0.209 e. The number of nitrogens with zero attached hydrogens (tertiary/aromatic N) is 2. The summed E-state index contributed by atoms with van der Waals surface area (Å²) in [6.45, 7) is 16.2. The van der Waals surface area contributed by atoms with Crippen molar-refractivity contribution in [2.45, 2.75) is 91.0 Å². The van der Waals surface area contributed by atoms with E-state index in [4.69, 9.17) is 0 Å². The quantitative estimate of drug-likeness (QED) is 0.265. The molecule has 0 bridgehead atoms. The second-order valence-electron chi connectivity index (χ2n) is 11.2. The van der Waals surface area contributed by atoms with Crippen LogP contribution in [0.3, 0.4) is 0 Å². The van der Waals surface area contributed by atoms with E-state index in [-0.39, 0.29) is 10.8 Å². The van der Waals surface area contributed by atoms with Gasteiger partial charge in [0.1, 0.15) is 13.1 Å². The number of pyridine rings is 1. The number of allylic oxidation sites excluding steroid dienone is 6. The van der Waals surface area contributed by atoms with Gasteiger partial charge < -0.3 is 0 Å². The molecule has 1 aliphatic carbocycles. The molecule has 2 heteroatoms. The minimum Gasteiger partial charge on any atom is -0.202 e. The Balaban J connectivity index is 1.55. The highest BCUT2D eigenvalue weighted by molar-refractivity contribution is 6.03.